The summed E-state index contributed by atoms with van der Waals surface area (Å²) in [4.78, 5) is 0. The minimum absolute atomic E-state index is 0.625. The Hall–Kier alpha value is -0.610. The van der Waals surface area contributed by atoms with E-state index >= 15 is 0 Å². The van der Waals surface area contributed by atoms with Crippen LogP contribution in [-0.2, 0) is 13.6 Å². The molecule has 0 aromatic carbocycles. The standard InChI is InChI=1S/C6H11ClN4/c1-11-5-6(9-10-11)4-8-3-2-7/h5,8H,2-4H2,1H3. The Balaban J connectivity index is 2.27. The quantitative estimate of drug-likeness (QED) is 0.522. The van der Waals surface area contributed by atoms with Gasteiger partial charge in [-0.3, -0.25) is 4.68 Å². The molecule has 0 saturated carbocycles. The van der Waals surface area contributed by atoms with Crippen molar-refractivity contribution in [3.05, 3.63) is 11.9 Å². The first-order valence-corrected chi connectivity index (χ1v) is 3.98. The lowest BCUT2D eigenvalue weighted by Gasteiger charge is -1.95. The molecule has 5 heteroatoms. The molecule has 0 fully saturated rings. The van der Waals surface area contributed by atoms with Crippen LogP contribution in [0.25, 0.3) is 0 Å². The van der Waals surface area contributed by atoms with Crippen LogP contribution in [-0.4, -0.2) is 27.4 Å². The summed E-state index contributed by atoms with van der Waals surface area (Å²) in [6, 6.07) is 0. The van der Waals surface area contributed by atoms with Gasteiger partial charge in [0.15, 0.2) is 0 Å². The topological polar surface area (TPSA) is 42.7 Å². The van der Waals surface area contributed by atoms with Crippen LogP contribution in [0.4, 0.5) is 0 Å². The average molecular weight is 175 g/mol. The van der Waals surface area contributed by atoms with E-state index in [2.05, 4.69) is 15.6 Å². The second-order valence-electron chi connectivity index (χ2n) is 2.25. The number of nitrogens with one attached hydrogen (secondary N) is 1. The first-order chi connectivity index (χ1) is 5.33. The molecule has 0 aliphatic heterocycles. The van der Waals surface area contributed by atoms with E-state index in [4.69, 9.17) is 11.6 Å². The van der Waals surface area contributed by atoms with Crippen LogP contribution in [0, 0.1) is 0 Å². The molecule has 11 heavy (non-hydrogen) atoms. The maximum absolute atomic E-state index is 5.47. The lowest BCUT2D eigenvalue weighted by Crippen LogP contribution is -2.15. The minimum Gasteiger partial charge on any atom is -0.310 e. The van der Waals surface area contributed by atoms with E-state index in [0.717, 1.165) is 18.8 Å². The van der Waals surface area contributed by atoms with E-state index < -0.39 is 0 Å². The molecule has 0 saturated heterocycles. The van der Waals surface area contributed by atoms with Gasteiger partial charge in [-0.15, -0.1) is 16.7 Å². The predicted molar refractivity (Wildman–Crippen MR) is 43.4 cm³/mol. The van der Waals surface area contributed by atoms with Gasteiger partial charge in [0, 0.05) is 32.2 Å². The van der Waals surface area contributed by atoms with Crippen LogP contribution < -0.4 is 5.32 Å². The molecule has 1 heterocycles. The van der Waals surface area contributed by atoms with Gasteiger partial charge in [0.1, 0.15) is 0 Å². The largest absolute Gasteiger partial charge is 0.310 e. The van der Waals surface area contributed by atoms with Crippen molar-refractivity contribution in [2.75, 3.05) is 12.4 Å². The summed E-state index contributed by atoms with van der Waals surface area (Å²) in [6.07, 6.45) is 1.88. The zero-order valence-electron chi connectivity index (χ0n) is 6.42. The van der Waals surface area contributed by atoms with E-state index in [9.17, 15) is 0 Å². The molecule has 0 aliphatic rings. The molecule has 1 aromatic rings. The van der Waals surface area contributed by atoms with Crippen molar-refractivity contribution in [1.29, 1.82) is 0 Å². The van der Waals surface area contributed by atoms with Gasteiger partial charge in [-0.05, 0) is 0 Å². The van der Waals surface area contributed by atoms with E-state index in [-0.39, 0.29) is 0 Å². The number of alkyl halides is 1. The Morgan fingerprint density at radius 1 is 1.73 bits per heavy atom. The fraction of sp³-hybridized carbons (Fsp3) is 0.667. The van der Waals surface area contributed by atoms with E-state index in [1.807, 2.05) is 13.2 Å². The van der Waals surface area contributed by atoms with Gasteiger partial charge in [-0.25, -0.2) is 0 Å². The number of halogens is 1. The Bertz CT molecular complexity index is 210. The third-order valence-corrected chi connectivity index (χ3v) is 1.42. The molecule has 0 amide bonds. The highest BCUT2D eigenvalue weighted by molar-refractivity contribution is 6.18. The van der Waals surface area contributed by atoms with E-state index in [0.29, 0.717) is 5.88 Å². The molecule has 4 nitrogen and oxygen atoms in total. The molecular weight excluding hydrogens is 164 g/mol. The molecule has 0 spiro atoms. The first-order valence-electron chi connectivity index (χ1n) is 3.45. The van der Waals surface area contributed by atoms with Crippen LogP contribution in [0.1, 0.15) is 5.69 Å². The van der Waals surface area contributed by atoms with Gasteiger partial charge in [0.05, 0.1) is 5.69 Å². The number of nitrogens with zero attached hydrogens (tertiary/aromatic N) is 3. The van der Waals surface area contributed by atoms with Crippen LogP contribution in [0.5, 0.6) is 0 Å². The summed E-state index contributed by atoms with van der Waals surface area (Å²) in [5.41, 5.74) is 0.942. The minimum atomic E-state index is 0.625. The normalized spacial score (nSPS) is 10.4. The molecule has 0 unspecified atom stereocenters. The van der Waals surface area contributed by atoms with Crippen molar-refractivity contribution in [3.63, 3.8) is 0 Å². The Kier molecular flexibility index (Phi) is 3.32. The molecular formula is C6H11ClN4. The van der Waals surface area contributed by atoms with Crippen molar-refractivity contribution in [2.24, 2.45) is 7.05 Å². The number of hydrogen-bond donors (Lipinski definition) is 1. The maximum atomic E-state index is 5.47. The van der Waals surface area contributed by atoms with Crippen molar-refractivity contribution in [1.82, 2.24) is 20.3 Å². The predicted octanol–water partition coefficient (Wildman–Crippen LogP) is 0.143. The van der Waals surface area contributed by atoms with Crippen LogP contribution in [0.15, 0.2) is 6.20 Å². The van der Waals surface area contributed by atoms with Crippen LogP contribution >= 0.6 is 11.6 Å². The van der Waals surface area contributed by atoms with Gasteiger partial charge in [0.2, 0.25) is 0 Å². The van der Waals surface area contributed by atoms with Gasteiger partial charge in [-0.2, -0.15) is 0 Å². The Morgan fingerprint density at radius 3 is 3.09 bits per heavy atom. The van der Waals surface area contributed by atoms with Gasteiger partial charge in [-0.1, -0.05) is 5.21 Å². The van der Waals surface area contributed by atoms with Gasteiger partial charge >= 0.3 is 0 Å². The van der Waals surface area contributed by atoms with Crippen molar-refractivity contribution >= 4 is 11.6 Å². The second-order valence-corrected chi connectivity index (χ2v) is 2.63. The summed E-state index contributed by atoms with van der Waals surface area (Å²) in [5.74, 6) is 0.625. The lowest BCUT2D eigenvalue weighted by molar-refractivity contribution is 0.697. The average Bonchev–Trinajstić information content (AvgIpc) is 2.37. The highest BCUT2D eigenvalue weighted by Crippen LogP contribution is 1.88. The lowest BCUT2D eigenvalue weighted by atomic mass is 10.5. The summed E-state index contributed by atoms with van der Waals surface area (Å²) in [7, 11) is 1.85. The van der Waals surface area contributed by atoms with Crippen molar-refractivity contribution in [2.45, 2.75) is 6.54 Å². The number of aromatic nitrogens is 3. The fourth-order valence-corrected chi connectivity index (χ4v) is 0.893. The van der Waals surface area contributed by atoms with E-state index in [1.54, 1.807) is 4.68 Å². The number of hydrogen-bond acceptors (Lipinski definition) is 3. The number of aryl methyl sites for hydroxylation is 1. The molecule has 0 bridgehead atoms. The molecule has 1 aromatic heterocycles. The molecule has 0 aliphatic carbocycles. The zero-order valence-corrected chi connectivity index (χ0v) is 7.17. The highest BCUT2D eigenvalue weighted by atomic mass is 35.5. The molecule has 1 N–H and O–H groups in total. The molecule has 1 rings (SSSR count). The molecule has 0 atom stereocenters. The van der Waals surface area contributed by atoms with Gasteiger partial charge in [0.25, 0.3) is 0 Å². The highest BCUT2D eigenvalue weighted by Gasteiger charge is 1.95. The SMILES string of the molecule is Cn1cc(CNCCCl)nn1. The summed E-state index contributed by atoms with van der Waals surface area (Å²) in [5, 5.41) is 10.8. The fourth-order valence-electron chi connectivity index (χ4n) is 0.760. The first kappa shape index (κ1) is 8.49. The molecule has 0 radical (unpaired) electrons. The van der Waals surface area contributed by atoms with Crippen LogP contribution in [0.3, 0.4) is 0 Å². The number of rotatable bonds is 4. The summed E-state index contributed by atoms with van der Waals surface area (Å²) in [6.45, 7) is 1.54. The van der Waals surface area contributed by atoms with Crippen LogP contribution in [0.2, 0.25) is 0 Å². The van der Waals surface area contributed by atoms with E-state index in [1.165, 1.54) is 0 Å². The third kappa shape index (κ3) is 2.86. The van der Waals surface area contributed by atoms with Gasteiger partial charge < -0.3 is 5.32 Å². The zero-order chi connectivity index (χ0) is 8.10. The molecule has 62 valence electrons. The smallest absolute Gasteiger partial charge is 0.0964 e. The van der Waals surface area contributed by atoms with Crippen molar-refractivity contribution < 1.29 is 0 Å². The third-order valence-electron chi connectivity index (χ3n) is 1.23. The summed E-state index contributed by atoms with van der Waals surface area (Å²) >= 11 is 5.47. The summed E-state index contributed by atoms with van der Waals surface area (Å²) < 4.78 is 1.68. The Morgan fingerprint density at radius 2 is 2.55 bits per heavy atom. The monoisotopic (exact) mass is 174 g/mol. The second kappa shape index (κ2) is 4.31. The van der Waals surface area contributed by atoms with Crippen molar-refractivity contribution in [3.8, 4) is 0 Å². The maximum Gasteiger partial charge on any atom is 0.0964 e. The Labute approximate surface area is 70.5 Å².